The molecule has 0 unspecified atom stereocenters. The number of hydrogen-bond acceptors (Lipinski definition) is 1. The number of rotatable bonds is 3. The number of hydrogen-bond donors (Lipinski definition) is 0. The number of alkyl halides is 1. The fourth-order valence-electron chi connectivity index (χ4n) is 1.88. The van der Waals surface area contributed by atoms with Gasteiger partial charge in [-0.2, -0.15) is 0 Å². The molecule has 0 aromatic heterocycles. The molecule has 1 fully saturated rings. The number of benzene rings is 1. The topological polar surface area (TPSA) is 20.3 Å². The molecule has 0 bridgehead atoms. The van der Waals surface area contributed by atoms with Crippen molar-refractivity contribution in [3.8, 4) is 0 Å². The molecule has 1 aromatic rings. The Labute approximate surface area is 105 Å². The SMILES string of the molecule is CN(C(=O)c1ccc(CBr)cc1)C1CCC1. The number of amides is 1. The first kappa shape index (κ1) is 11.6. The Morgan fingerprint density at radius 3 is 2.44 bits per heavy atom. The van der Waals surface area contributed by atoms with E-state index in [9.17, 15) is 4.79 Å². The second-order valence-electron chi connectivity index (χ2n) is 4.33. The quantitative estimate of drug-likeness (QED) is 0.780. The van der Waals surface area contributed by atoms with Crippen molar-refractivity contribution in [1.82, 2.24) is 4.90 Å². The van der Waals surface area contributed by atoms with Gasteiger partial charge in [0.2, 0.25) is 0 Å². The minimum atomic E-state index is 0.144. The van der Waals surface area contributed by atoms with E-state index in [0.29, 0.717) is 6.04 Å². The van der Waals surface area contributed by atoms with Crippen LogP contribution in [0.2, 0.25) is 0 Å². The molecule has 16 heavy (non-hydrogen) atoms. The zero-order valence-corrected chi connectivity index (χ0v) is 11.0. The van der Waals surface area contributed by atoms with E-state index in [0.717, 1.165) is 23.7 Å². The third kappa shape index (κ3) is 2.29. The Hall–Kier alpha value is -0.830. The summed E-state index contributed by atoms with van der Waals surface area (Å²) in [5, 5.41) is 0.833. The molecule has 0 heterocycles. The van der Waals surface area contributed by atoms with Gasteiger partial charge in [-0.1, -0.05) is 28.1 Å². The molecule has 86 valence electrons. The second-order valence-corrected chi connectivity index (χ2v) is 4.89. The van der Waals surface area contributed by atoms with Crippen LogP contribution in [0.1, 0.15) is 35.2 Å². The second kappa shape index (κ2) is 5.00. The summed E-state index contributed by atoms with van der Waals surface area (Å²) in [6, 6.07) is 8.28. The standard InChI is InChI=1S/C13H16BrNO/c1-15(12-3-2-4-12)13(16)11-7-5-10(9-14)6-8-11/h5-8,12H,2-4,9H2,1H3. The van der Waals surface area contributed by atoms with Gasteiger partial charge in [-0.15, -0.1) is 0 Å². The fraction of sp³-hybridized carbons (Fsp3) is 0.462. The Balaban J connectivity index is 2.07. The Morgan fingerprint density at radius 1 is 1.38 bits per heavy atom. The molecular formula is C13H16BrNO. The zero-order valence-electron chi connectivity index (χ0n) is 9.45. The van der Waals surface area contributed by atoms with Crippen LogP contribution in [0, 0.1) is 0 Å². The van der Waals surface area contributed by atoms with Gasteiger partial charge in [0.1, 0.15) is 0 Å². The van der Waals surface area contributed by atoms with Crippen molar-refractivity contribution in [3.63, 3.8) is 0 Å². The molecule has 0 aliphatic heterocycles. The minimum Gasteiger partial charge on any atom is -0.339 e. The molecule has 0 saturated heterocycles. The molecule has 3 heteroatoms. The monoisotopic (exact) mass is 281 g/mol. The molecule has 0 radical (unpaired) electrons. The molecule has 1 saturated carbocycles. The maximum Gasteiger partial charge on any atom is 0.253 e. The fourth-order valence-corrected chi connectivity index (χ4v) is 2.25. The third-order valence-electron chi connectivity index (χ3n) is 3.30. The van der Waals surface area contributed by atoms with Crippen molar-refractivity contribution < 1.29 is 4.79 Å². The average Bonchev–Trinajstić information content (AvgIpc) is 2.26. The molecule has 1 aromatic carbocycles. The van der Waals surface area contributed by atoms with Crippen LogP contribution in [0.15, 0.2) is 24.3 Å². The molecule has 0 N–H and O–H groups in total. The lowest BCUT2D eigenvalue weighted by Crippen LogP contribution is -2.41. The first-order chi connectivity index (χ1) is 7.72. The summed E-state index contributed by atoms with van der Waals surface area (Å²) in [5.74, 6) is 0.144. The van der Waals surface area contributed by atoms with Crippen LogP contribution in [-0.4, -0.2) is 23.9 Å². The summed E-state index contributed by atoms with van der Waals surface area (Å²) in [6.07, 6.45) is 3.56. The Bertz CT molecular complexity index is 370. The van der Waals surface area contributed by atoms with E-state index in [4.69, 9.17) is 0 Å². The highest BCUT2D eigenvalue weighted by molar-refractivity contribution is 9.08. The van der Waals surface area contributed by atoms with Crippen LogP contribution in [0.3, 0.4) is 0 Å². The van der Waals surface area contributed by atoms with Gasteiger partial charge < -0.3 is 4.90 Å². The van der Waals surface area contributed by atoms with Gasteiger partial charge in [0.15, 0.2) is 0 Å². The molecule has 0 atom stereocenters. The van der Waals surface area contributed by atoms with Crippen LogP contribution >= 0.6 is 15.9 Å². The molecular weight excluding hydrogens is 266 g/mol. The molecule has 0 spiro atoms. The van der Waals surface area contributed by atoms with E-state index in [1.807, 2.05) is 36.2 Å². The lowest BCUT2D eigenvalue weighted by atomic mass is 9.91. The van der Waals surface area contributed by atoms with Gasteiger partial charge in [-0.05, 0) is 37.0 Å². The molecule has 1 aliphatic carbocycles. The number of carbonyl (C=O) groups excluding carboxylic acids is 1. The van der Waals surface area contributed by atoms with Crippen molar-refractivity contribution in [1.29, 1.82) is 0 Å². The predicted octanol–water partition coefficient (Wildman–Crippen LogP) is 3.21. The summed E-state index contributed by atoms with van der Waals surface area (Å²) in [4.78, 5) is 14.0. The van der Waals surface area contributed by atoms with E-state index in [1.165, 1.54) is 12.0 Å². The van der Waals surface area contributed by atoms with E-state index < -0.39 is 0 Å². The van der Waals surface area contributed by atoms with E-state index in [1.54, 1.807) is 0 Å². The van der Waals surface area contributed by atoms with Gasteiger partial charge in [-0.3, -0.25) is 4.79 Å². The van der Waals surface area contributed by atoms with E-state index in [-0.39, 0.29) is 5.91 Å². The van der Waals surface area contributed by atoms with Gasteiger partial charge in [0.25, 0.3) is 5.91 Å². The van der Waals surface area contributed by atoms with Gasteiger partial charge in [0, 0.05) is 24.0 Å². The Kier molecular flexibility index (Phi) is 3.64. The highest BCUT2D eigenvalue weighted by atomic mass is 79.9. The maximum atomic E-state index is 12.1. The van der Waals surface area contributed by atoms with Crippen LogP contribution < -0.4 is 0 Å². The number of halogens is 1. The smallest absolute Gasteiger partial charge is 0.253 e. The predicted molar refractivity (Wildman–Crippen MR) is 68.8 cm³/mol. The zero-order chi connectivity index (χ0) is 11.5. The first-order valence-electron chi connectivity index (χ1n) is 5.64. The highest BCUT2D eigenvalue weighted by Gasteiger charge is 2.26. The van der Waals surface area contributed by atoms with Crippen LogP contribution in [0.5, 0.6) is 0 Å². The van der Waals surface area contributed by atoms with Crippen LogP contribution in [0.4, 0.5) is 0 Å². The summed E-state index contributed by atoms with van der Waals surface area (Å²) < 4.78 is 0. The van der Waals surface area contributed by atoms with Gasteiger partial charge >= 0.3 is 0 Å². The van der Waals surface area contributed by atoms with Crippen molar-refractivity contribution in [2.75, 3.05) is 7.05 Å². The Morgan fingerprint density at radius 2 is 2.00 bits per heavy atom. The minimum absolute atomic E-state index is 0.144. The van der Waals surface area contributed by atoms with Gasteiger partial charge in [-0.25, -0.2) is 0 Å². The maximum absolute atomic E-state index is 12.1. The summed E-state index contributed by atoms with van der Waals surface area (Å²) >= 11 is 3.40. The van der Waals surface area contributed by atoms with Crippen molar-refractivity contribution in [2.24, 2.45) is 0 Å². The molecule has 2 rings (SSSR count). The van der Waals surface area contributed by atoms with Crippen molar-refractivity contribution >= 4 is 21.8 Å². The third-order valence-corrected chi connectivity index (χ3v) is 3.95. The average molecular weight is 282 g/mol. The molecule has 2 nitrogen and oxygen atoms in total. The summed E-state index contributed by atoms with van der Waals surface area (Å²) in [5.41, 5.74) is 1.99. The first-order valence-corrected chi connectivity index (χ1v) is 6.76. The summed E-state index contributed by atoms with van der Waals surface area (Å²) in [7, 11) is 1.91. The van der Waals surface area contributed by atoms with E-state index in [2.05, 4.69) is 15.9 Å². The van der Waals surface area contributed by atoms with Gasteiger partial charge in [0.05, 0.1) is 0 Å². The largest absolute Gasteiger partial charge is 0.339 e. The number of nitrogens with zero attached hydrogens (tertiary/aromatic N) is 1. The molecule has 1 amide bonds. The highest BCUT2D eigenvalue weighted by Crippen LogP contribution is 2.24. The van der Waals surface area contributed by atoms with Crippen molar-refractivity contribution in [2.45, 2.75) is 30.6 Å². The number of carbonyl (C=O) groups is 1. The van der Waals surface area contributed by atoms with Crippen LogP contribution in [-0.2, 0) is 5.33 Å². The normalized spacial score (nSPS) is 15.6. The lowest BCUT2D eigenvalue weighted by Gasteiger charge is -2.34. The van der Waals surface area contributed by atoms with Crippen LogP contribution in [0.25, 0.3) is 0 Å². The summed E-state index contributed by atoms with van der Waals surface area (Å²) in [6.45, 7) is 0. The molecule has 1 aliphatic rings. The van der Waals surface area contributed by atoms with Crippen molar-refractivity contribution in [3.05, 3.63) is 35.4 Å². The van der Waals surface area contributed by atoms with E-state index >= 15 is 0 Å². The lowest BCUT2D eigenvalue weighted by molar-refractivity contribution is 0.0652.